The van der Waals surface area contributed by atoms with E-state index in [1.807, 2.05) is 24.3 Å². The van der Waals surface area contributed by atoms with Crippen LogP contribution in [-0.4, -0.2) is 0 Å². The number of aryl methyl sites for hydroxylation is 1. The van der Waals surface area contributed by atoms with Crippen LogP contribution in [0, 0.1) is 6.92 Å². The minimum Gasteiger partial charge on any atom is -0.464 e. The molecule has 0 aliphatic rings. The number of hydrogen-bond acceptors (Lipinski definition) is 1. The highest BCUT2D eigenvalue weighted by Gasteiger charge is 2.11. The Balaban J connectivity index is 2.18. The SMILES string of the molecule is C=C(c1ccc(Br)cc1)c1c(C)ccc2occc12. The van der Waals surface area contributed by atoms with Gasteiger partial charge in [-0.05, 0) is 53.5 Å². The fraction of sp³-hybridized carbons (Fsp3) is 0.0588. The molecule has 94 valence electrons. The van der Waals surface area contributed by atoms with Crippen LogP contribution in [0.2, 0.25) is 0 Å². The van der Waals surface area contributed by atoms with Crippen molar-refractivity contribution in [3.63, 3.8) is 0 Å². The van der Waals surface area contributed by atoms with E-state index < -0.39 is 0 Å². The van der Waals surface area contributed by atoms with Gasteiger partial charge in [0.1, 0.15) is 5.58 Å². The topological polar surface area (TPSA) is 13.1 Å². The molecular weight excluding hydrogens is 300 g/mol. The highest BCUT2D eigenvalue weighted by molar-refractivity contribution is 9.10. The zero-order valence-corrected chi connectivity index (χ0v) is 12.2. The molecule has 0 aliphatic carbocycles. The molecule has 0 aliphatic heterocycles. The molecule has 0 unspecified atom stereocenters. The first kappa shape index (κ1) is 12.2. The predicted molar refractivity (Wildman–Crippen MR) is 83.2 cm³/mol. The molecule has 1 heterocycles. The highest BCUT2D eigenvalue weighted by atomic mass is 79.9. The summed E-state index contributed by atoms with van der Waals surface area (Å²) in [5.74, 6) is 0. The second kappa shape index (κ2) is 4.71. The Labute approximate surface area is 120 Å². The van der Waals surface area contributed by atoms with Gasteiger partial charge >= 0.3 is 0 Å². The van der Waals surface area contributed by atoms with Crippen LogP contribution in [0.3, 0.4) is 0 Å². The van der Waals surface area contributed by atoms with Gasteiger partial charge < -0.3 is 4.42 Å². The minimum absolute atomic E-state index is 0.902. The first-order valence-electron chi connectivity index (χ1n) is 6.09. The summed E-state index contributed by atoms with van der Waals surface area (Å²) in [6.07, 6.45) is 1.72. The van der Waals surface area contributed by atoms with E-state index in [4.69, 9.17) is 4.42 Å². The summed E-state index contributed by atoms with van der Waals surface area (Å²) in [5.41, 5.74) is 5.42. The third-order valence-corrected chi connectivity index (χ3v) is 3.87. The van der Waals surface area contributed by atoms with Crippen LogP contribution in [0.1, 0.15) is 16.7 Å². The molecule has 0 saturated heterocycles. The van der Waals surface area contributed by atoms with Crippen LogP contribution in [0.5, 0.6) is 0 Å². The van der Waals surface area contributed by atoms with Gasteiger partial charge in [0.25, 0.3) is 0 Å². The lowest BCUT2D eigenvalue weighted by molar-refractivity contribution is 0.616. The van der Waals surface area contributed by atoms with Crippen LogP contribution in [0.15, 0.2) is 64.2 Å². The molecule has 0 fully saturated rings. The summed E-state index contributed by atoms with van der Waals surface area (Å²) in [5, 5.41) is 1.12. The second-order valence-corrected chi connectivity index (χ2v) is 5.49. The zero-order chi connectivity index (χ0) is 13.4. The molecule has 2 aromatic carbocycles. The maximum atomic E-state index is 5.47. The Hall–Kier alpha value is -1.80. The van der Waals surface area contributed by atoms with Crippen molar-refractivity contribution in [2.75, 3.05) is 0 Å². The van der Waals surface area contributed by atoms with Gasteiger partial charge in [-0.25, -0.2) is 0 Å². The smallest absolute Gasteiger partial charge is 0.134 e. The van der Waals surface area contributed by atoms with E-state index in [9.17, 15) is 0 Å². The highest BCUT2D eigenvalue weighted by Crippen LogP contribution is 2.32. The molecular formula is C17H13BrO. The zero-order valence-electron chi connectivity index (χ0n) is 10.6. The maximum absolute atomic E-state index is 5.47. The van der Waals surface area contributed by atoms with Crippen LogP contribution >= 0.6 is 15.9 Å². The normalized spacial score (nSPS) is 10.8. The van der Waals surface area contributed by atoms with Gasteiger partial charge in [0.05, 0.1) is 6.26 Å². The number of rotatable bonds is 2. The summed E-state index contributed by atoms with van der Waals surface area (Å²) in [6.45, 7) is 6.36. The van der Waals surface area contributed by atoms with Crippen molar-refractivity contribution >= 4 is 32.5 Å². The van der Waals surface area contributed by atoms with Crippen molar-refractivity contribution in [2.45, 2.75) is 6.92 Å². The Morgan fingerprint density at radius 3 is 2.53 bits per heavy atom. The fourth-order valence-corrected chi connectivity index (χ4v) is 2.61. The van der Waals surface area contributed by atoms with Crippen molar-refractivity contribution < 1.29 is 4.42 Å². The number of furan rings is 1. The monoisotopic (exact) mass is 312 g/mol. The molecule has 3 aromatic rings. The molecule has 2 heteroatoms. The van der Waals surface area contributed by atoms with Crippen molar-refractivity contribution in [2.24, 2.45) is 0 Å². The van der Waals surface area contributed by atoms with Gasteiger partial charge in [-0.2, -0.15) is 0 Å². The summed E-state index contributed by atoms with van der Waals surface area (Å²) in [6, 6.07) is 14.3. The van der Waals surface area contributed by atoms with E-state index in [1.54, 1.807) is 6.26 Å². The first-order valence-corrected chi connectivity index (χ1v) is 6.88. The summed E-state index contributed by atoms with van der Waals surface area (Å²) in [4.78, 5) is 0. The summed E-state index contributed by atoms with van der Waals surface area (Å²) >= 11 is 3.45. The van der Waals surface area contributed by atoms with Crippen molar-refractivity contribution in [1.82, 2.24) is 0 Å². The van der Waals surface area contributed by atoms with Gasteiger partial charge in [-0.1, -0.05) is 40.7 Å². The van der Waals surface area contributed by atoms with E-state index in [-0.39, 0.29) is 0 Å². The number of benzene rings is 2. The average Bonchev–Trinajstić information content (AvgIpc) is 2.87. The molecule has 0 saturated carbocycles. The van der Waals surface area contributed by atoms with Crippen molar-refractivity contribution in [1.29, 1.82) is 0 Å². The van der Waals surface area contributed by atoms with Gasteiger partial charge in [0.15, 0.2) is 0 Å². The standard InChI is InChI=1S/C17H13BrO/c1-11-3-8-16-15(9-10-19-16)17(11)12(2)13-4-6-14(18)7-5-13/h3-10H,2H2,1H3. The lowest BCUT2D eigenvalue weighted by Gasteiger charge is -2.11. The third kappa shape index (κ3) is 2.13. The van der Waals surface area contributed by atoms with Gasteiger partial charge in [0.2, 0.25) is 0 Å². The quantitative estimate of drug-likeness (QED) is 0.603. The first-order chi connectivity index (χ1) is 9.16. The molecule has 1 nitrogen and oxygen atoms in total. The lowest BCUT2D eigenvalue weighted by Crippen LogP contribution is -1.91. The molecule has 0 atom stereocenters. The van der Waals surface area contributed by atoms with Gasteiger partial charge in [0, 0.05) is 9.86 Å². The molecule has 0 amide bonds. The molecule has 3 rings (SSSR count). The largest absolute Gasteiger partial charge is 0.464 e. The van der Waals surface area contributed by atoms with Crippen LogP contribution in [-0.2, 0) is 0 Å². The van der Waals surface area contributed by atoms with Crippen LogP contribution in [0.4, 0.5) is 0 Å². The van der Waals surface area contributed by atoms with E-state index in [0.717, 1.165) is 32.1 Å². The third-order valence-electron chi connectivity index (χ3n) is 3.34. The fourth-order valence-electron chi connectivity index (χ4n) is 2.35. The number of halogens is 1. The summed E-state index contributed by atoms with van der Waals surface area (Å²) < 4.78 is 6.54. The van der Waals surface area contributed by atoms with Gasteiger partial charge in [-0.15, -0.1) is 0 Å². The molecule has 0 spiro atoms. The van der Waals surface area contributed by atoms with Crippen molar-refractivity contribution in [3.05, 3.63) is 76.5 Å². The predicted octanol–water partition coefficient (Wildman–Crippen LogP) is 5.57. The van der Waals surface area contributed by atoms with E-state index in [2.05, 4.69) is 47.6 Å². The lowest BCUT2D eigenvalue weighted by atomic mass is 9.93. The van der Waals surface area contributed by atoms with Gasteiger partial charge in [-0.3, -0.25) is 0 Å². The minimum atomic E-state index is 0.902. The Morgan fingerprint density at radius 1 is 1.05 bits per heavy atom. The molecule has 0 bridgehead atoms. The van der Waals surface area contributed by atoms with Crippen molar-refractivity contribution in [3.8, 4) is 0 Å². The Morgan fingerprint density at radius 2 is 1.79 bits per heavy atom. The number of hydrogen-bond donors (Lipinski definition) is 0. The average molecular weight is 313 g/mol. The van der Waals surface area contributed by atoms with Crippen LogP contribution in [0.25, 0.3) is 16.5 Å². The molecule has 1 aromatic heterocycles. The number of fused-ring (bicyclic) bond motifs is 1. The molecule has 0 radical (unpaired) electrons. The van der Waals surface area contributed by atoms with Crippen LogP contribution < -0.4 is 0 Å². The second-order valence-electron chi connectivity index (χ2n) is 4.58. The van der Waals surface area contributed by atoms with E-state index in [0.29, 0.717) is 0 Å². The summed E-state index contributed by atoms with van der Waals surface area (Å²) in [7, 11) is 0. The molecule has 19 heavy (non-hydrogen) atoms. The Bertz CT molecular complexity index is 751. The maximum Gasteiger partial charge on any atom is 0.134 e. The van der Waals surface area contributed by atoms with E-state index in [1.165, 1.54) is 5.56 Å². The molecule has 0 N–H and O–H groups in total. The Kier molecular flexibility index (Phi) is 3.03. The van der Waals surface area contributed by atoms with E-state index >= 15 is 0 Å².